The Morgan fingerprint density at radius 2 is 2.15 bits per heavy atom. The maximum Gasteiger partial charge on any atom is 0.253 e. The van der Waals surface area contributed by atoms with Gasteiger partial charge in [-0.05, 0) is 25.1 Å². The molecule has 0 aliphatic heterocycles. The molecular formula is C14H18N4O2. The van der Waals surface area contributed by atoms with Gasteiger partial charge in [0.15, 0.2) is 5.76 Å². The Morgan fingerprint density at radius 3 is 2.75 bits per heavy atom. The normalized spacial score (nSPS) is 10.3. The van der Waals surface area contributed by atoms with Crippen molar-refractivity contribution in [3.63, 3.8) is 0 Å². The fraction of sp³-hybridized carbons (Fsp3) is 0.286. The summed E-state index contributed by atoms with van der Waals surface area (Å²) in [5.74, 6) is 0.648. The summed E-state index contributed by atoms with van der Waals surface area (Å²) < 4.78 is 5.11. The Bertz CT molecular complexity index is 619. The van der Waals surface area contributed by atoms with E-state index in [2.05, 4.69) is 10.5 Å². The standard InChI is InChI=1S/C14H18N4O2/c1-9-6-11(20-17-9)8-16-13-7-10(4-5-12(13)15)14(19)18(2)3/h4-7,16H,8,15H2,1-3H3. The number of benzene rings is 1. The third-order valence-corrected chi connectivity index (χ3v) is 2.84. The molecule has 2 aromatic rings. The Hall–Kier alpha value is -2.50. The lowest BCUT2D eigenvalue weighted by Crippen LogP contribution is -2.21. The van der Waals surface area contributed by atoms with Gasteiger partial charge in [-0.25, -0.2) is 0 Å². The molecule has 6 nitrogen and oxygen atoms in total. The molecule has 3 N–H and O–H groups in total. The molecule has 6 heteroatoms. The van der Waals surface area contributed by atoms with Crippen molar-refractivity contribution in [2.24, 2.45) is 0 Å². The van der Waals surface area contributed by atoms with E-state index in [0.717, 1.165) is 5.69 Å². The first-order valence-electron chi connectivity index (χ1n) is 6.24. The summed E-state index contributed by atoms with van der Waals surface area (Å²) in [4.78, 5) is 13.4. The second-order valence-electron chi connectivity index (χ2n) is 4.79. The molecular weight excluding hydrogens is 256 g/mol. The summed E-state index contributed by atoms with van der Waals surface area (Å²) >= 11 is 0. The largest absolute Gasteiger partial charge is 0.397 e. The Labute approximate surface area is 117 Å². The monoisotopic (exact) mass is 274 g/mol. The van der Waals surface area contributed by atoms with Gasteiger partial charge >= 0.3 is 0 Å². The van der Waals surface area contributed by atoms with Crippen LogP contribution >= 0.6 is 0 Å². The molecule has 1 heterocycles. The fourth-order valence-electron chi connectivity index (χ4n) is 1.78. The predicted molar refractivity (Wildman–Crippen MR) is 77.4 cm³/mol. The maximum absolute atomic E-state index is 11.9. The van der Waals surface area contributed by atoms with Crippen molar-refractivity contribution in [2.75, 3.05) is 25.1 Å². The SMILES string of the molecule is Cc1cc(CNc2cc(C(=O)N(C)C)ccc2N)on1. The minimum Gasteiger partial charge on any atom is -0.397 e. The summed E-state index contributed by atoms with van der Waals surface area (Å²) in [6.07, 6.45) is 0. The molecule has 0 saturated heterocycles. The summed E-state index contributed by atoms with van der Waals surface area (Å²) in [5.41, 5.74) is 8.59. The first kappa shape index (κ1) is 13.9. The van der Waals surface area contributed by atoms with Crippen molar-refractivity contribution in [3.8, 4) is 0 Å². The van der Waals surface area contributed by atoms with Gasteiger partial charge in [0.1, 0.15) is 0 Å². The Morgan fingerprint density at radius 1 is 1.40 bits per heavy atom. The van der Waals surface area contributed by atoms with Gasteiger partial charge in [-0.2, -0.15) is 0 Å². The molecule has 0 unspecified atom stereocenters. The van der Waals surface area contributed by atoms with E-state index in [1.165, 1.54) is 4.90 Å². The number of nitrogens with one attached hydrogen (secondary N) is 1. The second-order valence-corrected chi connectivity index (χ2v) is 4.79. The highest BCUT2D eigenvalue weighted by molar-refractivity contribution is 5.95. The fourth-order valence-corrected chi connectivity index (χ4v) is 1.78. The van der Waals surface area contributed by atoms with Gasteiger partial charge in [-0.15, -0.1) is 0 Å². The van der Waals surface area contributed by atoms with Crippen LogP contribution in [-0.2, 0) is 6.54 Å². The van der Waals surface area contributed by atoms with Crippen molar-refractivity contribution in [1.82, 2.24) is 10.1 Å². The van der Waals surface area contributed by atoms with Crippen LogP contribution in [0.2, 0.25) is 0 Å². The van der Waals surface area contributed by atoms with Gasteiger partial charge < -0.3 is 20.5 Å². The van der Waals surface area contributed by atoms with E-state index in [-0.39, 0.29) is 5.91 Å². The van der Waals surface area contributed by atoms with Crippen molar-refractivity contribution in [3.05, 3.63) is 41.3 Å². The molecule has 0 fully saturated rings. The molecule has 2 rings (SSSR count). The quantitative estimate of drug-likeness (QED) is 0.832. The number of amides is 1. The minimum absolute atomic E-state index is 0.0661. The van der Waals surface area contributed by atoms with Crippen LogP contribution in [-0.4, -0.2) is 30.1 Å². The van der Waals surface area contributed by atoms with Gasteiger partial charge in [-0.1, -0.05) is 5.16 Å². The number of carbonyl (C=O) groups is 1. The van der Waals surface area contributed by atoms with Gasteiger partial charge in [0.05, 0.1) is 23.6 Å². The van der Waals surface area contributed by atoms with Gasteiger partial charge in [0.2, 0.25) is 0 Å². The first-order valence-corrected chi connectivity index (χ1v) is 6.24. The zero-order valence-electron chi connectivity index (χ0n) is 11.8. The van der Waals surface area contributed by atoms with Crippen LogP contribution in [0.1, 0.15) is 21.8 Å². The van der Waals surface area contributed by atoms with E-state index < -0.39 is 0 Å². The third kappa shape index (κ3) is 3.09. The highest BCUT2D eigenvalue weighted by Gasteiger charge is 2.10. The molecule has 106 valence electrons. The summed E-state index contributed by atoms with van der Waals surface area (Å²) in [5, 5.41) is 6.96. The highest BCUT2D eigenvalue weighted by Crippen LogP contribution is 2.21. The zero-order valence-corrected chi connectivity index (χ0v) is 11.8. The molecule has 0 aliphatic carbocycles. The van der Waals surface area contributed by atoms with Crippen LogP contribution in [0, 0.1) is 6.92 Å². The molecule has 0 atom stereocenters. The van der Waals surface area contributed by atoms with Gasteiger partial charge in [0, 0.05) is 25.7 Å². The lowest BCUT2D eigenvalue weighted by molar-refractivity contribution is 0.0827. The van der Waals surface area contributed by atoms with Crippen LogP contribution in [0.15, 0.2) is 28.8 Å². The summed E-state index contributed by atoms with van der Waals surface area (Å²) in [6, 6.07) is 7.01. The summed E-state index contributed by atoms with van der Waals surface area (Å²) in [6.45, 7) is 2.32. The number of rotatable bonds is 4. The molecule has 0 saturated carbocycles. The minimum atomic E-state index is -0.0661. The van der Waals surface area contributed by atoms with Gasteiger partial charge in [-0.3, -0.25) is 4.79 Å². The van der Waals surface area contributed by atoms with Crippen LogP contribution < -0.4 is 11.1 Å². The number of nitrogens with zero attached hydrogens (tertiary/aromatic N) is 2. The third-order valence-electron chi connectivity index (χ3n) is 2.84. The second kappa shape index (κ2) is 5.64. The Kier molecular flexibility index (Phi) is 3.93. The average molecular weight is 274 g/mol. The maximum atomic E-state index is 11.9. The van der Waals surface area contributed by atoms with E-state index in [4.69, 9.17) is 10.3 Å². The predicted octanol–water partition coefficient (Wildman–Crippen LogP) is 1.88. The molecule has 0 spiro atoms. The molecule has 1 amide bonds. The van der Waals surface area contributed by atoms with E-state index >= 15 is 0 Å². The first-order chi connectivity index (χ1) is 9.47. The molecule has 0 radical (unpaired) electrons. The molecule has 0 bridgehead atoms. The molecule has 0 aliphatic rings. The Balaban J connectivity index is 2.14. The van der Waals surface area contributed by atoms with Gasteiger partial charge in [0.25, 0.3) is 5.91 Å². The van der Waals surface area contributed by atoms with Crippen LogP contribution in [0.4, 0.5) is 11.4 Å². The van der Waals surface area contributed by atoms with E-state index in [1.54, 1.807) is 32.3 Å². The van der Waals surface area contributed by atoms with E-state index in [0.29, 0.717) is 29.2 Å². The van der Waals surface area contributed by atoms with Crippen LogP contribution in [0.3, 0.4) is 0 Å². The van der Waals surface area contributed by atoms with E-state index in [9.17, 15) is 4.79 Å². The number of hydrogen-bond donors (Lipinski definition) is 2. The number of aromatic nitrogens is 1. The smallest absolute Gasteiger partial charge is 0.253 e. The molecule has 1 aromatic heterocycles. The average Bonchev–Trinajstić information content (AvgIpc) is 2.82. The zero-order chi connectivity index (χ0) is 14.7. The molecule has 1 aromatic carbocycles. The molecule has 20 heavy (non-hydrogen) atoms. The number of nitrogen functional groups attached to an aromatic ring is 1. The van der Waals surface area contributed by atoms with Crippen molar-refractivity contribution in [2.45, 2.75) is 13.5 Å². The van der Waals surface area contributed by atoms with E-state index in [1.807, 2.05) is 13.0 Å². The number of hydrogen-bond acceptors (Lipinski definition) is 5. The van der Waals surface area contributed by atoms with Crippen molar-refractivity contribution >= 4 is 17.3 Å². The van der Waals surface area contributed by atoms with Crippen LogP contribution in [0.25, 0.3) is 0 Å². The lowest BCUT2D eigenvalue weighted by atomic mass is 10.1. The number of nitrogens with two attached hydrogens (primary N) is 1. The number of carbonyl (C=O) groups excluding carboxylic acids is 1. The van der Waals surface area contributed by atoms with Crippen molar-refractivity contribution < 1.29 is 9.32 Å². The van der Waals surface area contributed by atoms with Crippen LogP contribution in [0.5, 0.6) is 0 Å². The number of aryl methyl sites for hydroxylation is 1. The van der Waals surface area contributed by atoms with Crippen molar-refractivity contribution in [1.29, 1.82) is 0 Å². The lowest BCUT2D eigenvalue weighted by Gasteiger charge is -2.13. The summed E-state index contributed by atoms with van der Waals surface area (Å²) in [7, 11) is 3.42. The topological polar surface area (TPSA) is 84.4 Å². The number of anilines is 2. The highest BCUT2D eigenvalue weighted by atomic mass is 16.5.